The van der Waals surface area contributed by atoms with Crippen LogP contribution >= 0.6 is 54.5 Å². The molecule has 4 rings (SSSR count). The highest BCUT2D eigenvalue weighted by molar-refractivity contribution is 14.1. The van der Waals surface area contributed by atoms with Gasteiger partial charge in [-0.15, -0.1) is 0 Å². The maximum atomic E-state index is 13.0. The molecule has 3 amide bonds. The minimum absolute atomic E-state index is 0.155. The van der Waals surface area contributed by atoms with Crippen LogP contribution in [0.2, 0.25) is 0 Å². The SMILES string of the molecule is C[C@H](C(=O)Nc1ccc(I)cc1)N1C(=O)[C@@H]2[C@H]3C[C@@H]([C@H](Br)[C@H]3Br)[C@@H]2C1=O. The van der Waals surface area contributed by atoms with Crippen LogP contribution in [0, 0.1) is 27.2 Å². The minimum Gasteiger partial charge on any atom is -0.324 e. The van der Waals surface area contributed by atoms with Crippen LogP contribution in [-0.4, -0.2) is 38.3 Å². The lowest BCUT2D eigenvalue weighted by molar-refractivity contribution is -0.146. The zero-order valence-corrected chi connectivity index (χ0v) is 19.2. The summed E-state index contributed by atoms with van der Waals surface area (Å²) in [5.41, 5.74) is 0.655. The molecule has 3 fully saturated rings. The summed E-state index contributed by atoms with van der Waals surface area (Å²) in [5, 5.41) is 2.80. The van der Waals surface area contributed by atoms with Crippen LogP contribution < -0.4 is 5.32 Å². The molecule has 0 radical (unpaired) electrons. The van der Waals surface area contributed by atoms with Crippen molar-refractivity contribution < 1.29 is 14.4 Å². The second kappa shape index (κ2) is 6.84. The van der Waals surface area contributed by atoms with Gasteiger partial charge in [-0.3, -0.25) is 19.3 Å². The van der Waals surface area contributed by atoms with Gasteiger partial charge in [-0.05, 0) is 72.0 Å². The molecule has 2 saturated carbocycles. The lowest BCUT2D eigenvalue weighted by atomic mass is 9.81. The Morgan fingerprint density at radius 2 is 1.62 bits per heavy atom. The van der Waals surface area contributed by atoms with Gasteiger partial charge in [-0.25, -0.2) is 0 Å². The number of likely N-dealkylation sites (tertiary alicyclic amines) is 1. The summed E-state index contributed by atoms with van der Waals surface area (Å²) < 4.78 is 1.07. The van der Waals surface area contributed by atoms with E-state index in [4.69, 9.17) is 0 Å². The van der Waals surface area contributed by atoms with Crippen molar-refractivity contribution in [1.29, 1.82) is 0 Å². The van der Waals surface area contributed by atoms with Gasteiger partial charge >= 0.3 is 0 Å². The van der Waals surface area contributed by atoms with E-state index in [2.05, 4.69) is 59.8 Å². The lowest BCUT2D eigenvalue weighted by Gasteiger charge is -2.28. The lowest BCUT2D eigenvalue weighted by Crippen LogP contribution is -2.46. The summed E-state index contributed by atoms with van der Waals surface area (Å²) >= 11 is 9.53. The van der Waals surface area contributed by atoms with Crippen LogP contribution in [0.3, 0.4) is 0 Å². The van der Waals surface area contributed by atoms with E-state index >= 15 is 0 Å². The smallest absolute Gasteiger partial charge is 0.247 e. The number of carbonyl (C=O) groups excluding carboxylic acids is 3. The number of alkyl halides is 2. The molecule has 2 bridgehead atoms. The Morgan fingerprint density at radius 1 is 1.12 bits per heavy atom. The van der Waals surface area contributed by atoms with Gasteiger partial charge < -0.3 is 5.32 Å². The fourth-order valence-electron chi connectivity index (χ4n) is 4.65. The molecule has 0 spiro atoms. The molecule has 1 aromatic carbocycles. The average molecular weight is 596 g/mol. The average Bonchev–Trinajstić information content (AvgIpc) is 3.21. The highest BCUT2D eigenvalue weighted by atomic mass is 127. The largest absolute Gasteiger partial charge is 0.324 e. The van der Waals surface area contributed by atoms with E-state index in [0.717, 1.165) is 9.99 Å². The summed E-state index contributed by atoms with van der Waals surface area (Å²) in [7, 11) is 0. The highest BCUT2D eigenvalue weighted by Gasteiger charge is 2.67. The van der Waals surface area contributed by atoms with E-state index in [0.29, 0.717) is 5.69 Å². The van der Waals surface area contributed by atoms with E-state index in [1.54, 1.807) is 19.1 Å². The molecule has 1 N–H and O–H groups in total. The highest BCUT2D eigenvalue weighted by Crippen LogP contribution is 2.60. The number of amides is 3. The number of anilines is 1. The van der Waals surface area contributed by atoms with Crippen LogP contribution in [-0.2, 0) is 14.4 Å². The summed E-state index contributed by atoms with van der Waals surface area (Å²) in [5.74, 6) is -1.00. The van der Waals surface area contributed by atoms with Crippen molar-refractivity contribution in [3.63, 3.8) is 0 Å². The van der Waals surface area contributed by atoms with Gasteiger partial charge in [0.25, 0.3) is 0 Å². The van der Waals surface area contributed by atoms with Crippen molar-refractivity contribution in [3.05, 3.63) is 27.8 Å². The Balaban J connectivity index is 1.53. The molecule has 1 saturated heterocycles. The number of rotatable bonds is 3. The third kappa shape index (κ3) is 2.78. The van der Waals surface area contributed by atoms with Crippen molar-refractivity contribution in [2.45, 2.75) is 29.0 Å². The molecular weight excluding hydrogens is 579 g/mol. The Bertz CT molecular complexity index is 755. The van der Waals surface area contributed by atoms with E-state index in [-0.39, 0.29) is 51.0 Å². The third-order valence-corrected chi connectivity index (χ3v) is 9.83. The number of carbonyl (C=O) groups is 3. The van der Waals surface area contributed by atoms with Gasteiger partial charge in [-0.2, -0.15) is 0 Å². The summed E-state index contributed by atoms with van der Waals surface area (Å²) in [6.07, 6.45) is 0.885. The standard InChI is InChI=1S/C18H17Br2IN2O3/c1-7(16(24)22-9-4-2-8(21)3-5-9)23-17(25)12-10-6-11(13(12)18(23)26)15(20)14(10)19/h2-5,7,10-15H,6H2,1H3,(H,22,24)/t7-,10-,11-,12-,13+,14+,15+/m1/s1. The zero-order valence-electron chi connectivity index (χ0n) is 13.9. The third-order valence-electron chi connectivity index (χ3n) is 5.90. The first kappa shape index (κ1) is 18.9. The maximum Gasteiger partial charge on any atom is 0.247 e. The second-order valence-electron chi connectivity index (χ2n) is 7.22. The number of hydrogen-bond acceptors (Lipinski definition) is 3. The van der Waals surface area contributed by atoms with Crippen molar-refractivity contribution in [2.75, 3.05) is 5.32 Å². The van der Waals surface area contributed by atoms with Gasteiger partial charge in [0.15, 0.2) is 0 Å². The van der Waals surface area contributed by atoms with Crippen molar-refractivity contribution in [2.24, 2.45) is 23.7 Å². The minimum atomic E-state index is -0.818. The number of benzene rings is 1. The zero-order chi connectivity index (χ0) is 18.7. The molecule has 7 atom stereocenters. The van der Waals surface area contributed by atoms with E-state index in [1.807, 2.05) is 12.1 Å². The Hall–Kier alpha value is -0.480. The molecular formula is C18H17Br2IN2O3. The van der Waals surface area contributed by atoms with Gasteiger partial charge in [-0.1, -0.05) is 31.9 Å². The summed E-state index contributed by atoms with van der Waals surface area (Å²) in [6.45, 7) is 1.62. The van der Waals surface area contributed by atoms with Gasteiger partial charge in [0.1, 0.15) is 6.04 Å². The molecule has 0 unspecified atom stereocenters. The normalized spacial score (nSPS) is 36.4. The van der Waals surface area contributed by atoms with Crippen molar-refractivity contribution in [3.8, 4) is 0 Å². The first-order chi connectivity index (χ1) is 12.3. The van der Waals surface area contributed by atoms with E-state index in [9.17, 15) is 14.4 Å². The topological polar surface area (TPSA) is 66.5 Å². The molecule has 1 aliphatic heterocycles. The second-order valence-corrected chi connectivity index (χ2v) is 10.6. The number of halogens is 3. The Labute approximate surface area is 182 Å². The van der Waals surface area contributed by atoms with Crippen LogP contribution in [0.1, 0.15) is 13.3 Å². The number of hydrogen-bond donors (Lipinski definition) is 1. The van der Waals surface area contributed by atoms with Crippen molar-refractivity contribution >= 4 is 77.9 Å². The monoisotopic (exact) mass is 594 g/mol. The number of nitrogens with zero attached hydrogens (tertiary/aromatic N) is 1. The molecule has 3 aliphatic rings. The van der Waals surface area contributed by atoms with Gasteiger partial charge in [0, 0.05) is 18.9 Å². The maximum absolute atomic E-state index is 13.0. The first-order valence-corrected chi connectivity index (χ1v) is 11.4. The fraction of sp³-hybridized carbons (Fsp3) is 0.500. The molecule has 0 aromatic heterocycles. The molecule has 8 heteroatoms. The molecule has 26 heavy (non-hydrogen) atoms. The number of imide groups is 1. The molecule has 1 aromatic rings. The van der Waals surface area contributed by atoms with Crippen molar-refractivity contribution in [1.82, 2.24) is 4.90 Å². The van der Waals surface area contributed by atoms with E-state index in [1.165, 1.54) is 4.90 Å². The summed E-state index contributed by atoms with van der Waals surface area (Å²) in [6, 6.07) is 6.57. The van der Waals surface area contributed by atoms with Crippen LogP contribution in [0.25, 0.3) is 0 Å². The summed E-state index contributed by atoms with van der Waals surface area (Å²) in [4.78, 5) is 40.2. The van der Waals surface area contributed by atoms with Crippen LogP contribution in [0.15, 0.2) is 24.3 Å². The quantitative estimate of drug-likeness (QED) is 0.331. The number of nitrogens with one attached hydrogen (secondary N) is 1. The Kier molecular flexibility index (Phi) is 4.97. The molecule has 138 valence electrons. The number of fused-ring (bicyclic) bond motifs is 5. The predicted molar refractivity (Wildman–Crippen MR) is 113 cm³/mol. The predicted octanol–water partition coefficient (Wildman–Crippen LogP) is 3.40. The van der Waals surface area contributed by atoms with Crippen LogP contribution in [0.5, 0.6) is 0 Å². The molecule has 1 heterocycles. The van der Waals surface area contributed by atoms with Gasteiger partial charge in [0.05, 0.1) is 11.8 Å². The Morgan fingerprint density at radius 3 is 2.12 bits per heavy atom. The molecule has 5 nitrogen and oxygen atoms in total. The molecule has 2 aliphatic carbocycles. The van der Waals surface area contributed by atoms with Gasteiger partial charge in [0.2, 0.25) is 17.7 Å². The first-order valence-electron chi connectivity index (χ1n) is 8.52. The van der Waals surface area contributed by atoms with E-state index < -0.39 is 6.04 Å². The fourth-order valence-corrected chi connectivity index (χ4v) is 6.88. The van der Waals surface area contributed by atoms with Crippen LogP contribution in [0.4, 0.5) is 5.69 Å².